The molecule has 40 heavy (non-hydrogen) atoms. The fourth-order valence-electron chi connectivity index (χ4n) is 3.95. The van der Waals surface area contributed by atoms with Crippen molar-refractivity contribution in [2.75, 3.05) is 13.7 Å². The fraction of sp³-hybridized carbons (Fsp3) is 0.156. The first-order valence-electron chi connectivity index (χ1n) is 12.5. The molecule has 204 valence electrons. The molecule has 0 aliphatic carbocycles. The highest BCUT2D eigenvalue weighted by Crippen LogP contribution is 2.22. The Balaban J connectivity index is 1.40. The van der Waals surface area contributed by atoms with Crippen LogP contribution in [0.5, 0.6) is 0 Å². The molecule has 0 aromatic heterocycles. The minimum atomic E-state index is -2.04. The van der Waals surface area contributed by atoms with E-state index in [4.69, 9.17) is 9.47 Å². The van der Waals surface area contributed by atoms with Crippen LogP contribution in [0.1, 0.15) is 20.7 Å². The lowest BCUT2D eigenvalue weighted by Crippen LogP contribution is -2.43. The molecule has 0 spiro atoms. The van der Waals surface area contributed by atoms with E-state index >= 15 is 0 Å². The number of carbonyl (C=O) groups is 2. The van der Waals surface area contributed by atoms with Gasteiger partial charge in [-0.2, -0.15) is 0 Å². The molecular formula is C32H28FNO6. The molecule has 4 aromatic carbocycles. The van der Waals surface area contributed by atoms with Crippen LogP contribution < -0.4 is 0 Å². The number of esters is 2. The third-order valence-corrected chi connectivity index (χ3v) is 6.09. The van der Waals surface area contributed by atoms with Crippen molar-refractivity contribution in [2.24, 2.45) is 5.16 Å². The molecule has 4 aromatic rings. The molecule has 0 unspecified atom stereocenters. The standard InChI is InChI=1S/C32H28FNO6/c1-38-34-20-28(33)30(40-32(37)27-18-14-25(15-19-27)23-10-6-3-7-11-23)29(35)21-39-31(36)26-16-12-24(13-17-26)22-8-4-2-5-9-22/h2-20,28-30,35H,21H2,1H3/t28-,29-,30+/m1/s1. The Bertz CT molecular complexity index is 1410. The number of nitrogens with zero attached hydrogens (tertiary/aromatic N) is 1. The van der Waals surface area contributed by atoms with Crippen LogP contribution in [0.15, 0.2) is 114 Å². The van der Waals surface area contributed by atoms with Gasteiger partial charge in [-0.05, 0) is 46.5 Å². The summed E-state index contributed by atoms with van der Waals surface area (Å²) in [5.41, 5.74) is 4.15. The molecule has 0 heterocycles. The van der Waals surface area contributed by atoms with Crippen molar-refractivity contribution in [3.8, 4) is 22.3 Å². The summed E-state index contributed by atoms with van der Waals surface area (Å²) in [6, 6.07) is 32.5. The lowest BCUT2D eigenvalue weighted by atomic mass is 10.0. The number of aliphatic hydroxyl groups is 1. The summed E-state index contributed by atoms with van der Waals surface area (Å²) in [4.78, 5) is 29.9. The van der Waals surface area contributed by atoms with Crippen LogP contribution in [-0.4, -0.2) is 55.4 Å². The summed E-state index contributed by atoms with van der Waals surface area (Å²) in [5, 5.41) is 14.0. The zero-order valence-electron chi connectivity index (χ0n) is 21.7. The molecule has 7 nitrogen and oxygen atoms in total. The molecular weight excluding hydrogens is 513 g/mol. The Morgan fingerprint density at radius 1 is 0.750 bits per heavy atom. The van der Waals surface area contributed by atoms with E-state index in [9.17, 15) is 19.1 Å². The minimum absolute atomic E-state index is 0.156. The Hall–Kier alpha value is -4.82. The molecule has 0 radical (unpaired) electrons. The van der Waals surface area contributed by atoms with Gasteiger partial charge in [0.2, 0.25) is 0 Å². The summed E-state index contributed by atoms with van der Waals surface area (Å²) in [6.45, 7) is -0.620. The van der Waals surface area contributed by atoms with Crippen LogP contribution in [0.2, 0.25) is 0 Å². The molecule has 4 rings (SSSR count). The number of halogens is 1. The molecule has 0 fully saturated rings. The van der Waals surface area contributed by atoms with E-state index in [1.807, 2.05) is 60.7 Å². The Labute approximate surface area is 231 Å². The van der Waals surface area contributed by atoms with Crippen LogP contribution in [0.4, 0.5) is 4.39 Å². The molecule has 0 saturated carbocycles. The average Bonchev–Trinajstić information content (AvgIpc) is 3.02. The second-order valence-electron chi connectivity index (χ2n) is 8.80. The molecule has 0 aliphatic heterocycles. The third-order valence-electron chi connectivity index (χ3n) is 6.09. The topological polar surface area (TPSA) is 94.4 Å². The summed E-state index contributed by atoms with van der Waals surface area (Å²) in [6.07, 6.45) is -4.68. The first-order chi connectivity index (χ1) is 19.5. The van der Waals surface area contributed by atoms with E-state index in [1.54, 1.807) is 48.5 Å². The largest absolute Gasteiger partial charge is 0.459 e. The van der Waals surface area contributed by atoms with E-state index in [2.05, 4.69) is 9.99 Å². The number of oxime groups is 1. The van der Waals surface area contributed by atoms with Crippen molar-refractivity contribution in [1.29, 1.82) is 0 Å². The lowest BCUT2D eigenvalue weighted by molar-refractivity contribution is -0.0594. The van der Waals surface area contributed by atoms with E-state index in [0.717, 1.165) is 28.5 Å². The van der Waals surface area contributed by atoms with Gasteiger partial charge in [0.05, 0.1) is 17.3 Å². The zero-order chi connectivity index (χ0) is 28.3. The van der Waals surface area contributed by atoms with Gasteiger partial charge in [-0.15, -0.1) is 0 Å². The quantitative estimate of drug-likeness (QED) is 0.148. The number of benzene rings is 4. The van der Waals surface area contributed by atoms with Crippen LogP contribution in [-0.2, 0) is 14.3 Å². The van der Waals surface area contributed by atoms with Gasteiger partial charge in [0, 0.05) is 0 Å². The van der Waals surface area contributed by atoms with Gasteiger partial charge in [0.15, 0.2) is 12.3 Å². The molecule has 3 atom stereocenters. The van der Waals surface area contributed by atoms with Crippen molar-refractivity contribution in [3.63, 3.8) is 0 Å². The predicted octanol–water partition coefficient (Wildman–Crippen LogP) is 5.73. The molecule has 1 N–H and O–H groups in total. The highest BCUT2D eigenvalue weighted by atomic mass is 19.1. The highest BCUT2D eigenvalue weighted by Gasteiger charge is 2.33. The maximum absolute atomic E-state index is 14.9. The number of hydrogen-bond acceptors (Lipinski definition) is 7. The van der Waals surface area contributed by atoms with Crippen molar-refractivity contribution in [2.45, 2.75) is 18.4 Å². The van der Waals surface area contributed by atoms with Gasteiger partial charge >= 0.3 is 11.9 Å². The Kier molecular flexibility index (Phi) is 9.74. The predicted molar refractivity (Wildman–Crippen MR) is 150 cm³/mol. The van der Waals surface area contributed by atoms with Gasteiger partial charge in [-0.3, -0.25) is 0 Å². The van der Waals surface area contributed by atoms with E-state index in [0.29, 0.717) is 0 Å². The van der Waals surface area contributed by atoms with Gasteiger partial charge in [0.25, 0.3) is 0 Å². The SMILES string of the molecule is CON=C[C@@H](F)[C@H](OC(=O)c1ccc(-c2ccccc2)cc1)[C@H](O)COC(=O)c1ccc(-c2ccccc2)cc1. The van der Waals surface area contributed by atoms with E-state index in [-0.39, 0.29) is 11.1 Å². The number of hydrogen-bond donors (Lipinski definition) is 1. The maximum Gasteiger partial charge on any atom is 0.338 e. The van der Waals surface area contributed by atoms with Gasteiger partial charge < -0.3 is 19.4 Å². The molecule has 0 bridgehead atoms. The van der Waals surface area contributed by atoms with Crippen molar-refractivity contribution >= 4 is 18.2 Å². The first kappa shape index (κ1) is 28.2. The normalized spacial score (nSPS) is 13.3. The van der Waals surface area contributed by atoms with Gasteiger partial charge in [-0.25, -0.2) is 14.0 Å². The smallest absolute Gasteiger partial charge is 0.338 e. The number of ether oxygens (including phenoxy) is 2. The minimum Gasteiger partial charge on any atom is -0.459 e. The van der Waals surface area contributed by atoms with Crippen molar-refractivity contribution < 1.29 is 33.4 Å². The van der Waals surface area contributed by atoms with Crippen LogP contribution in [0.3, 0.4) is 0 Å². The van der Waals surface area contributed by atoms with Gasteiger partial charge in [-0.1, -0.05) is 90.1 Å². The number of aliphatic hydroxyl groups excluding tert-OH is 1. The summed E-state index contributed by atoms with van der Waals surface area (Å²) >= 11 is 0. The second-order valence-corrected chi connectivity index (χ2v) is 8.80. The van der Waals surface area contributed by atoms with E-state index < -0.39 is 36.9 Å². The lowest BCUT2D eigenvalue weighted by Gasteiger charge is -2.24. The van der Waals surface area contributed by atoms with Gasteiger partial charge in [0.1, 0.15) is 19.8 Å². The summed E-state index contributed by atoms with van der Waals surface area (Å²) in [5.74, 6) is -1.58. The van der Waals surface area contributed by atoms with Crippen molar-refractivity contribution in [1.82, 2.24) is 0 Å². The zero-order valence-corrected chi connectivity index (χ0v) is 21.7. The average molecular weight is 542 g/mol. The number of carbonyl (C=O) groups excluding carboxylic acids is 2. The number of rotatable bonds is 11. The van der Waals surface area contributed by atoms with Crippen LogP contribution in [0, 0.1) is 0 Å². The number of alkyl halides is 1. The summed E-state index contributed by atoms with van der Waals surface area (Å²) in [7, 11) is 1.22. The first-order valence-corrected chi connectivity index (χ1v) is 12.5. The maximum atomic E-state index is 14.9. The molecule has 0 aliphatic rings. The third kappa shape index (κ3) is 7.39. The highest BCUT2D eigenvalue weighted by molar-refractivity contribution is 5.91. The monoisotopic (exact) mass is 541 g/mol. The molecule has 0 saturated heterocycles. The van der Waals surface area contributed by atoms with Crippen LogP contribution in [0.25, 0.3) is 22.3 Å². The summed E-state index contributed by atoms with van der Waals surface area (Å²) < 4.78 is 25.4. The molecule has 0 amide bonds. The second kappa shape index (κ2) is 13.8. The Morgan fingerprint density at radius 3 is 1.68 bits per heavy atom. The Morgan fingerprint density at radius 2 is 1.20 bits per heavy atom. The van der Waals surface area contributed by atoms with E-state index in [1.165, 1.54) is 7.11 Å². The van der Waals surface area contributed by atoms with Crippen LogP contribution >= 0.6 is 0 Å². The fourth-order valence-corrected chi connectivity index (χ4v) is 3.95. The van der Waals surface area contributed by atoms with Crippen molar-refractivity contribution in [3.05, 3.63) is 120 Å². The molecule has 8 heteroatoms.